The summed E-state index contributed by atoms with van der Waals surface area (Å²) >= 11 is 0. The van der Waals surface area contributed by atoms with E-state index >= 15 is 0 Å². The second-order valence-corrected chi connectivity index (χ2v) is 8.27. The van der Waals surface area contributed by atoms with Gasteiger partial charge in [0.05, 0.1) is 11.7 Å². The van der Waals surface area contributed by atoms with Gasteiger partial charge in [-0.15, -0.1) is 0 Å². The van der Waals surface area contributed by atoms with Gasteiger partial charge in [0.25, 0.3) is 0 Å². The molecule has 1 heterocycles. The second kappa shape index (κ2) is 10.5. The Balaban J connectivity index is 1.62. The van der Waals surface area contributed by atoms with Gasteiger partial charge >= 0.3 is 6.03 Å². The number of carbonyl (C=O) groups is 1. The Bertz CT molecular complexity index is 1220. The first kappa shape index (κ1) is 22.9. The highest BCUT2D eigenvalue weighted by molar-refractivity contribution is 5.91. The van der Waals surface area contributed by atoms with Gasteiger partial charge in [-0.1, -0.05) is 66.7 Å². The lowest BCUT2D eigenvalue weighted by molar-refractivity contribution is 0.135. The van der Waals surface area contributed by atoms with Crippen LogP contribution >= 0.6 is 0 Å². The number of nitrogens with one attached hydrogen (secondary N) is 2. The highest BCUT2D eigenvalue weighted by Gasteiger charge is 2.33. The molecule has 7 nitrogen and oxygen atoms in total. The number of anilines is 1. The Morgan fingerprint density at radius 1 is 0.941 bits per heavy atom. The van der Waals surface area contributed by atoms with Crippen LogP contribution in [0.5, 0.6) is 0 Å². The molecular formula is C27H28N6O. The molecule has 172 valence electrons. The molecule has 1 aliphatic heterocycles. The van der Waals surface area contributed by atoms with Crippen LogP contribution in [-0.4, -0.2) is 41.4 Å². The number of benzene rings is 3. The van der Waals surface area contributed by atoms with Crippen molar-refractivity contribution in [2.24, 2.45) is 4.99 Å². The fourth-order valence-electron chi connectivity index (χ4n) is 4.11. The molecule has 3 aromatic rings. The van der Waals surface area contributed by atoms with Gasteiger partial charge in [-0.3, -0.25) is 5.32 Å². The lowest BCUT2D eigenvalue weighted by Crippen LogP contribution is -2.55. The molecule has 2 N–H and O–H groups in total. The molecule has 3 aromatic carbocycles. The summed E-state index contributed by atoms with van der Waals surface area (Å²) in [6, 6.07) is 25.2. The number of carbonyl (C=O) groups excluding carboxylic acids is 1. The van der Waals surface area contributed by atoms with E-state index in [2.05, 4.69) is 10.6 Å². The minimum Gasteiger partial charge on any atom is -0.338 e. The molecule has 0 radical (unpaired) electrons. The molecule has 0 aromatic heterocycles. The smallest absolute Gasteiger partial charge is 0.322 e. The van der Waals surface area contributed by atoms with Gasteiger partial charge in [0.2, 0.25) is 5.96 Å². The zero-order valence-electron chi connectivity index (χ0n) is 19.4. The molecule has 0 saturated carbocycles. The summed E-state index contributed by atoms with van der Waals surface area (Å²) in [6.45, 7) is 5.50. The van der Waals surface area contributed by atoms with Gasteiger partial charge in [0.15, 0.2) is 6.19 Å². The number of amides is 2. The first-order valence-corrected chi connectivity index (χ1v) is 11.3. The van der Waals surface area contributed by atoms with E-state index < -0.39 is 0 Å². The van der Waals surface area contributed by atoms with Crippen LogP contribution in [0.2, 0.25) is 0 Å². The minimum atomic E-state index is -0.207. The molecule has 1 fully saturated rings. The number of aliphatic imine (C=N–C) groups is 1. The number of nitrogens with zero attached hydrogens (tertiary/aromatic N) is 4. The molecule has 0 bridgehead atoms. The topological polar surface area (TPSA) is 83.8 Å². The van der Waals surface area contributed by atoms with Crippen molar-refractivity contribution in [3.63, 3.8) is 0 Å². The maximum Gasteiger partial charge on any atom is 0.322 e. The van der Waals surface area contributed by atoms with Crippen molar-refractivity contribution in [3.8, 4) is 6.19 Å². The van der Waals surface area contributed by atoms with Crippen molar-refractivity contribution in [2.45, 2.75) is 19.9 Å². The molecule has 0 spiro atoms. The predicted molar refractivity (Wildman–Crippen MR) is 135 cm³/mol. The standard InChI is InChI=1S/C27H28N6O/c1-20-10-6-8-14-23(20)30-26(29-19-28)32-16-17-33(25(18-32)22-12-4-3-5-13-22)27(34)31-24-15-9-7-11-21(24)2/h3-15,25H,16-18H2,1-2H3,(H,29,30)(H,31,34). The van der Waals surface area contributed by atoms with E-state index in [1.54, 1.807) is 0 Å². The Morgan fingerprint density at radius 3 is 2.32 bits per heavy atom. The van der Waals surface area contributed by atoms with Crippen LogP contribution in [0, 0.1) is 25.3 Å². The average molecular weight is 453 g/mol. The third-order valence-corrected chi connectivity index (χ3v) is 6.02. The fourth-order valence-corrected chi connectivity index (χ4v) is 4.11. The lowest BCUT2D eigenvalue weighted by Gasteiger charge is -2.42. The summed E-state index contributed by atoms with van der Waals surface area (Å²) in [7, 11) is 0. The number of rotatable bonds is 3. The van der Waals surface area contributed by atoms with Gasteiger partial charge in [0, 0.05) is 25.3 Å². The largest absolute Gasteiger partial charge is 0.338 e. The number of aryl methyl sites for hydroxylation is 2. The molecule has 0 aliphatic carbocycles. The maximum atomic E-state index is 13.3. The van der Waals surface area contributed by atoms with Crippen LogP contribution in [0.15, 0.2) is 83.9 Å². The number of piperazine rings is 1. The molecule has 2 amide bonds. The summed E-state index contributed by atoms with van der Waals surface area (Å²) in [6.07, 6.45) is 2.02. The number of hydrogen-bond acceptors (Lipinski definition) is 3. The van der Waals surface area contributed by atoms with E-state index in [1.807, 2.05) is 109 Å². The third-order valence-electron chi connectivity index (χ3n) is 6.02. The van der Waals surface area contributed by atoms with Crippen LogP contribution in [0.25, 0.3) is 0 Å². The molecule has 1 atom stereocenters. The Hall–Kier alpha value is -4.31. The van der Waals surface area contributed by atoms with Crippen molar-refractivity contribution < 1.29 is 4.79 Å². The van der Waals surface area contributed by atoms with Crippen LogP contribution in [0.4, 0.5) is 16.2 Å². The van der Waals surface area contributed by atoms with Gasteiger partial charge < -0.3 is 15.1 Å². The second-order valence-electron chi connectivity index (χ2n) is 8.27. The highest BCUT2D eigenvalue weighted by Crippen LogP contribution is 2.28. The van der Waals surface area contributed by atoms with Crippen molar-refractivity contribution in [2.75, 3.05) is 25.0 Å². The lowest BCUT2D eigenvalue weighted by atomic mass is 10.0. The zero-order valence-corrected chi connectivity index (χ0v) is 19.4. The number of urea groups is 1. The molecule has 34 heavy (non-hydrogen) atoms. The predicted octanol–water partition coefficient (Wildman–Crippen LogP) is 4.95. The van der Waals surface area contributed by atoms with Crippen LogP contribution in [0.1, 0.15) is 22.7 Å². The number of nitriles is 1. The summed E-state index contributed by atoms with van der Waals surface area (Å²) in [5.41, 5.74) is 4.66. The molecule has 4 rings (SSSR count). The van der Waals surface area contributed by atoms with E-state index in [0.29, 0.717) is 25.6 Å². The number of guanidine groups is 1. The van der Waals surface area contributed by atoms with Crippen LogP contribution < -0.4 is 10.6 Å². The van der Waals surface area contributed by atoms with Crippen LogP contribution in [0.3, 0.4) is 0 Å². The quantitative estimate of drug-likeness (QED) is 0.255. The van der Waals surface area contributed by atoms with Crippen LogP contribution in [-0.2, 0) is 0 Å². The van der Waals surface area contributed by atoms with E-state index in [9.17, 15) is 10.1 Å². The average Bonchev–Trinajstić information content (AvgIpc) is 2.86. The van der Waals surface area contributed by atoms with E-state index in [0.717, 1.165) is 28.1 Å². The Kier molecular flexibility index (Phi) is 7.09. The summed E-state index contributed by atoms with van der Waals surface area (Å²) in [5, 5.41) is 15.2. The summed E-state index contributed by atoms with van der Waals surface area (Å²) < 4.78 is 0. The highest BCUT2D eigenvalue weighted by atomic mass is 16.2. The molecule has 1 unspecified atom stereocenters. The number of para-hydroxylation sites is 2. The number of hydrogen-bond donors (Lipinski definition) is 2. The summed E-state index contributed by atoms with van der Waals surface area (Å²) in [4.78, 5) is 22.0. The maximum absolute atomic E-state index is 13.3. The first-order chi connectivity index (χ1) is 16.6. The van der Waals surface area contributed by atoms with E-state index in [1.165, 1.54) is 0 Å². The molecule has 7 heteroatoms. The normalized spacial score (nSPS) is 16.0. The monoisotopic (exact) mass is 452 g/mol. The first-order valence-electron chi connectivity index (χ1n) is 11.3. The Labute approximate surface area is 200 Å². The summed E-state index contributed by atoms with van der Waals surface area (Å²) in [5.74, 6) is 0.483. The van der Waals surface area contributed by atoms with Gasteiger partial charge in [-0.05, 0) is 42.7 Å². The van der Waals surface area contributed by atoms with Gasteiger partial charge in [-0.2, -0.15) is 5.26 Å². The van der Waals surface area contributed by atoms with Crippen molar-refractivity contribution in [1.82, 2.24) is 15.1 Å². The fraction of sp³-hybridized carbons (Fsp3) is 0.222. The van der Waals surface area contributed by atoms with E-state index in [-0.39, 0.29) is 12.1 Å². The van der Waals surface area contributed by atoms with Gasteiger partial charge in [0.1, 0.15) is 0 Å². The van der Waals surface area contributed by atoms with Crippen molar-refractivity contribution in [3.05, 3.63) is 95.6 Å². The molecule has 1 aliphatic rings. The Morgan fingerprint density at radius 2 is 1.62 bits per heavy atom. The van der Waals surface area contributed by atoms with Crippen molar-refractivity contribution >= 4 is 23.4 Å². The van der Waals surface area contributed by atoms with E-state index in [4.69, 9.17) is 4.99 Å². The van der Waals surface area contributed by atoms with Gasteiger partial charge in [-0.25, -0.2) is 9.79 Å². The zero-order chi connectivity index (χ0) is 23.9. The molecular weight excluding hydrogens is 424 g/mol. The SMILES string of the molecule is Cc1ccccc1N=C(NC#N)N1CCN(C(=O)Nc2ccccc2C)C(c2ccccc2)C1. The minimum absolute atomic E-state index is 0.145. The third kappa shape index (κ3) is 5.18. The molecule has 1 saturated heterocycles. The van der Waals surface area contributed by atoms with Crippen molar-refractivity contribution in [1.29, 1.82) is 5.26 Å².